The Bertz CT molecular complexity index is 757. The third-order valence-electron chi connectivity index (χ3n) is 2.62. The highest BCUT2D eigenvalue weighted by Crippen LogP contribution is 2.37. The van der Waals surface area contributed by atoms with Gasteiger partial charge in [0.15, 0.2) is 5.75 Å². The minimum Gasteiger partial charge on any atom is -0.454 e. The fraction of sp³-hybridized carbons (Fsp3) is 0. The first-order chi connectivity index (χ1) is 9.15. The third-order valence-corrected chi connectivity index (χ3v) is 3.94. The van der Waals surface area contributed by atoms with Crippen molar-refractivity contribution in [3.8, 4) is 11.5 Å². The molecule has 0 aliphatic carbocycles. The van der Waals surface area contributed by atoms with Crippen LogP contribution < -0.4 is 10.5 Å². The summed E-state index contributed by atoms with van der Waals surface area (Å²) in [5, 5.41) is 0.991. The number of nitrogens with zero attached hydrogens (tertiary/aromatic N) is 1. The Morgan fingerprint density at radius 1 is 1.11 bits per heavy atom. The fourth-order valence-electron chi connectivity index (χ4n) is 1.70. The summed E-state index contributed by atoms with van der Waals surface area (Å²) in [4.78, 5) is 4.22. The second-order valence-corrected chi connectivity index (χ2v) is 5.58. The van der Waals surface area contributed by atoms with Crippen LogP contribution in [0.15, 0.2) is 35.8 Å². The lowest BCUT2D eigenvalue weighted by Gasteiger charge is -2.10. The average Bonchev–Trinajstić information content (AvgIpc) is 2.85. The summed E-state index contributed by atoms with van der Waals surface area (Å²) in [6, 6.07) is 8.76. The second kappa shape index (κ2) is 4.89. The Morgan fingerprint density at radius 2 is 1.89 bits per heavy atom. The van der Waals surface area contributed by atoms with Crippen LogP contribution in [0, 0.1) is 0 Å². The minimum atomic E-state index is 0.435. The van der Waals surface area contributed by atoms with E-state index in [4.69, 9.17) is 33.7 Å². The van der Waals surface area contributed by atoms with E-state index in [1.54, 1.807) is 29.8 Å². The van der Waals surface area contributed by atoms with Gasteiger partial charge >= 0.3 is 0 Å². The Balaban J connectivity index is 2.03. The van der Waals surface area contributed by atoms with Crippen LogP contribution in [0.1, 0.15) is 0 Å². The number of benzene rings is 2. The lowest BCUT2D eigenvalue weighted by Crippen LogP contribution is -1.93. The number of fused-ring (bicyclic) bond motifs is 1. The standard InChI is InChI=1S/C13H8Cl2N2OS/c14-7-1-2-9(8(15)5-7)18-10-3-4-11-13(12(10)16)17-6-19-11/h1-6H,16H2. The predicted molar refractivity (Wildman–Crippen MR) is 80.6 cm³/mol. The molecule has 0 saturated carbocycles. The van der Waals surface area contributed by atoms with Crippen molar-refractivity contribution in [2.45, 2.75) is 0 Å². The minimum absolute atomic E-state index is 0.435. The van der Waals surface area contributed by atoms with Gasteiger partial charge in [-0.25, -0.2) is 4.98 Å². The second-order valence-electron chi connectivity index (χ2n) is 3.85. The highest BCUT2D eigenvalue weighted by molar-refractivity contribution is 7.16. The zero-order valence-corrected chi connectivity index (χ0v) is 11.9. The SMILES string of the molecule is Nc1c(Oc2ccc(Cl)cc2Cl)ccc2scnc12. The van der Waals surface area contributed by atoms with Crippen LogP contribution in [0.2, 0.25) is 10.0 Å². The molecule has 1 aromatic heterocycles. The van der Waals surface area contributed by atoms with Crippen LogP contribution in [0.3, 0.4) is 0 Å². The summed E-state index contributed by atoms with van der Waals surface area (Å²) >= 11 is 13.4. The van der Waals surface area contributed by atoms with Crippen molar-refractivity contribution in [1.29, 1.82) is 0 Å². The van der Waals surface area contributed by atoms with Gasteiger partial charge in [0.2, 0.25) is 0 Å². The molecule has 3 rings (SSSR count). The molecule has 0 saturated heterocycles. The van der Waals surface area contributed by atoms with Gasteiger partial charge in [0, 0.05) is 5.02 Å². The number of aromatic nitrogens is 1. The number of anilines is 1. The van der Waals surface area contributed by atoms with Crippen LogP contribution in [0.5, 0.6) is 11.5 Å². The molecule has 0 aliphatic rings. The zero-order chi connectivity index (χ0) is 13.4. The van der Waals surface area contributed by atoms with Gasteiger partial charge in [0.1, 0.15) is 17.0 Å². The maximum Gasteiger partial charge on any atom is 0.152 e. The van der Waals surface area contributed by atoms with E-state index >= 15 is 0 Å². The molecule has 2 aromatic carbocycles. The number of ether oxygens (including phenoxy) is 1. The van der Waals surface area contributed by atoms with Gasteiger partial charge in [-0.2, -0.15) is 0 Å². The lowest BCUT2D eigenvalue weighted by molar-refractivity contribution is 0.486. The maximum absolute atomic E-state index is 6.07. The van der Waals surface area contributed by atoms with Crippen molar-refractivity contribution in [2.24, 2.45) is 0 Å². The smallest absolute Gasteiger partial charge is 0.152 e. The van der Waals surface area contributed by atoms with Gasteiger partial charge in [-0.15, -0.1) is 11.3 Å². The first kappa shape index (κ1) is 12.5. The van der Waals surface area contributed by atoms with Gasteiger partial charge in [0.05, 0.1) is 15.2 Å². The number of halogens is 2. The monoisotopic (exact) mass is 310 g/mol. The van der Waals surface area contributed by atoms with Crippen LogP contribution in [-0.4, -0.2) is 4.98 Å². The van der Waals surface area contributed by atoms with E-state index in [1.165, 1.54) is 11.3 Å². The van der Waals surface area contributed by atoms with E-state index in [-0.39, 0.29) is 0 Å². The van der Waals surface area contributed by atoms with Crippen molar-refractivity contribution in [2.75, 3.05) is 5.73 Å². The number of nitrogens with two attached hydrogens (primary N) is 1. The van der Waals surface area contributed by atoms with Crippen LogP contribution >= 0.6 is 34.5 Å². The van der Waals surface area contributed by atoms with Crippen LogP contribution in [0.25, 0.3) is 10.2 Å². The average molecular weight is 311 g/mol. The molecular weight excluding hydrogens is 303 g/mol. The molecule has 0 fully saturated rings. The summed E-state index contributed by atoms with van der Waals surface area (Å²) in [7, 11) is 0. The maximum atomic E-state index is 6.07. The van der Waals surface area contributed by atoms with Crippen LogP contribution in [0.4, 0.5) is 5.69 Å². The van der Waals surface area contributed by atoms with E-state index in [0.29, 0.717) is 27.2 Å². The molecule has 3 nitrogen and oxygen atoms in total. The molecule has 19 heavy (non-hydrogen) atoms. The van der Waals surface area contributed by atoms with Crippen molar-refractivity contribution < 1.29 is 4.74 Å². The van der Waals surface area contributed by atoms with Gasteiger partial charge in [-0.1, -0.05) is 23.2 Å². The molecule has 0 unspecified atom stereocenters. The molecule has 1 heterocycles. The fourth-order valence-corrected chi connectivity index (χ4v) is 2.84. The molecule has 0 radical (unpaired) electrons. The molecule has 3 aromatic rings. The number of rotatable bonds is 2. The van der Waals surface area contributed by atoms with Crippen molar-refractivity contribution in [3.05, 3.63) is 45.9 Å². The molecular formula is C13H8Cl2N2OS. The number of hydrogen-bond acceptors (Lipinski definition) is 4. The highest BCUT2D eigenvalue weighted by atomic mass is 35.5. The quantitative estimate of drug-likeness (QED) is 0.679. The summed E-state index contributed by atoms with van der Waals surface area (Å²) in [6.07, 6.45) is 0. The van der Waals surface area contributed by atoms with Crippen molar-refractivity contribution in [1.82, 2.24) is 4.98 Å². The molecule has 0 amide bonds. The van der Waals surface area contributed by atoms with E-state index in [2.05, 4.69) is 4.98 Å². The van der Waals surface area contributed by atoms with Crippen molar-refractivity contribution >= 4 is 50.4 Å². The van der Waals surface area contributed by atoms with Gasteiger partial charge < -0.3 is 10.5 Å². The van der Waals surface area contributed by atoms with E-state index in [1.807, 2.05) is 6.07 Å². The van der Waals surface area contributed by atoms with Crippen LogP contribution in [-0.2, 0) is 0 Å². The lowest BCUT2D eigenvalue weighted by atomic mass is 10.2. The topological polar surface area (TPSA) is 48.1 Å². The third kappa shape index (κ3) is 2.34. The summed E-state index contributed by atoms with van der Waals surface area (Å²) in [5.74, 6) is 1.04. The van der Waals surface area contributed by atoms with E-state index in [0.717, 1.165) is 10.2 Å². The van der Waals surface area contributed by atoms with E-state index < -0.39 is 0 Å². The summed E-state index contributed by atoms with van der Waals surface area (Å²) < 4.78 is 6.74. The molecule has 0 aliphatic heterocycles. The molecule has 2 N–H and O–H groups in total. The molecule has 0 spiro atoms. The summed E-state index contributed by atoms with van der Waals surface area (Å²) in [5.41, 5.74) is 9.04. The summed E-state index contributed by atoms with van der Waals surface area (Å²) in [6.45, 7) is 0. The molecule has 0 bridgehead atoms. The van der Waals surface area contributed by atoms with Gasteiger partial charge in [-0.3, -0.25) is 0 Å². The largest absolute Gasteiger partial charge is 0.454 e. The van der Waals surface area contributed by atoms with E-state index in [9.17, 15) is 0 Å². The normalized spacial score (nSPS) is 10.8. The Labute approximate surface area is 123 Å². The molecule has 96 valence electrons. The number of hydrogen-bond donors (Lipinski definition) is 1. The molecule has 6 heteroatoms. The number of thiazole rings is 1. The predicted octanol–water partition coefficient (Wildman–Crippen LogP) is 4.98. The van der Waals surface area contributed by atoms with Crippen molar-refractivity contribution in [3.63, 3.8) is 0 Å². The Morgan fingerprint density at radius 3 is 2.68 bits per heavy atom. The van der Waals surface area contributed by atoms with Gasteiger partial charge in [-0.05, 0) is 30.3 Å². The number of nitrogen functional groups attached to an aromatic ring is 1. The Kier molecular flexibility index (Phi) is 3.22. The van der Waals surface area contributed by atoms with Gasteiger partial charge in [0.25, 0.3) is 0 Å². The first-order valence-electron chi connectivity index (χ1n) is 5.40. The molecule has 0 atom stereocenters. The first-order valence-corrected chi connectivity index (χ1v) is 7.03. The highest BCUT2D eigenvalue weighted by Gasteiger charge is 2.10. The Hall–Kier alpha value is -1.49. The zero-order valence-electron chi connectivity index (χ0n) is 9.56.